The van der Waals surface area contributed by atoms with Crippen LogP contribution in [0.25, 0.3) is 0 Å². The molecular weight excluding hydrogens is 390 g/mol. The van der Waals surface area contributed by atoms with Gasteiger partial charge in [0.1, 0.15) is 5.75 Å². The molecule has 0 spiro atoms. The highest BCUT2D eigenvalue weighted by Crippen LogP contribution is 2.30. The van der Waals surface area contributed by atoms with Crippen molar-refractivity contribution in [2.45, 2.75) is 25.4 Å². The molecule has 7 heteroatoms. The molecule has 2 unspecified atom stereocenters. The van der Waals surface area contributed by atoms with Gasteiger partial charge in [-0.3, -0.25) is 9.59 Å². The standard InChI is InChI=1S/C22H27N3O3.ClH/c1-16(24-22(27)17-8-4-3-5-9-17)14-21(26)25-13-12-23-15-19(25)18-10-6-7-11-20(18)28-2;/h3-11,16,19,23H,12-15H2,1-2H3,(H,24,27);1H. The molecule has 0 bridgehead atoms. The summed E-state index contributed by atoms with van der Waals surface area (Å²) in [5, 5.41) is 6.27. The molecule has 0 aromatic heterocycles. The van der Waals surface area contributed by atoms with Crippen LogP contribution in [0, 0.1) is 0 Å². The van der Waals surface area contributed by atoms with E-state index in [4.69, 9.17) is 4.74 Å². The molecule has 0 aliphatic carbocycles. The van der Waals surface area contributed by atoms with Crippen LogP contribution in [0.4, 0.5) is 0 Å². The summed E-state index contributed by atoms with van der Waals surface area (Å²) in [5.74, 6) is 0.639. The second-order valence-corrected chi connectivity index (χ2v) is 6.99. The van der Waals surface area contributed by atoms with Gasteiger partial charge in [-0.05, 0) is 25.1 Å². The van der Waals surface area contributed by atoms with Crippen LogP contribution in [0.1, 0.15) is 35.3 Å². The number of para-hydroxylation sites is 1. The third-order valence-electron chi connectivity index (χ3n) is 4.96. The lowest BCUT2D eigenvalue weighted by Crippen LogP contribution is -2.50. The Morgan fingerprint density at radius 3 is 2.59 bits per heavy atom. The van der Waals surface area contributed by atoms with Gasteiger partial charge in [0.15, 0.2) is 0 Å². The van der Waals surface area contributed by atoms with E-state index in [9.17, 15) is 9.59 Å². The average molecular weight is 418 g/mol. The molecule has 6 nitrogen and oxygen atoms in total. The number of ether oxygens (including phenoxy) is 1. The zero-order valence-corrected chi connectivity index (χ0v) is 17.6. The Hall–Kier alpha value is -2.57. The molecule has 1 aliphatic rings. The molecule has 2 aromatic rings. The zero-order valence-electron chi connectivity index (χ0n) is 16.8. The molecule has 0 radical (unpaired) electrons. The fourth-order valence-corrected chi connectivity index (χ4v) is 3.55. The van der Waals surface area contributed by atoms with Gasteiger partial charge in [0.25, 0.3) is 5.91 Å². The predicted octanol–water partition coefficient (Wildman–Crippen LogP) is 2.80. The van der Waals surface area contributed by atoms with Crippen LogP contribution in [-0.2, 0) is 4.79 Å². The second-order valence-electron chi connectivity index (χ2n) is 6.99. The molecule has 29 heavy (non-hydrogen) atoms. The number of amides is 2. The van der Waals surface area contributed by atoms with Gasteiger partial charge in [0, 0.05) is 43.2 Å². The van der Waals surface area contributed by atoms with E-state index in [1.807, 2.05) is 54.3 Å². The Morgan fingerprint density at radius 1 is 1.17 bits per heavy atom. The van der Waals surface area contributed by atoms with Crippen LogP contribution < -0.4 is 15.4 Å². The number of hydrogen-bond acceptors (Lipinski definition) is 4. The van der Waals surface area contributed by atoms with Crippen molar-refractivity contribution >= 4 is 24.2 Å². The van der Waals surface area contributed by atoms with Crippen molar-refractivity contribution in [2.75, 3.05) is 26.7 Å². The molecule has 156 valence electrons. The molecule has 1 aliphatic heterocycles. The first-order valence-corrected chi connectivity index (χ1v) is 9.59. The number of carbonyl (C=O) groups excluding carboxylic acids is 2. The lowest BCUT2D eigenvalue weighted by atomic mass is 10.0. The van der Waals surface area contributed by atoms with Crippen molar-refractivity contribution in [3.05, 3.63) is 65.7 Å². The third-order valence-corrected chi connectivity index (χ3v) is 4.96. The molecule has 2 aromatic carbocycles. The first kappa shape index (κ1) is 22.7. The maximum absolute atomic E-state index is 13.0. The molecule has 3 rings (SSSR count). The molecule has 0 saturated carbocycles. The van der Waals surface area contributed by atoms with E-state index in [-0.39, 0.29) is 42.7 Å². The first-order chi connectivity index (χ1) is 13.6. The van der Waals surface area contributed by atoms with Crippen LogP contribution >= 0.6 is 12.4 Å². The maximum Gasteiger partial charge on any atom is 0.251 e. The number of methoxy groups -OCH3 is 1. The van der Waals surface area contributed by atoms with E-state index in [0.29, 0.717) is 18.7 Å². The number of piperazine rings is 1. The molecular formula is C22H28ClN3O3. The molecule has 1 heterocycles. The summed E-state index contributed by atoms with van der Waals surface area (Å²) >= 11 is 0. The Kier molecular flexibility index (Phi) is 8.49. The van der Waals surface area contributed by atoms with Crippen molar-refractivity contribution in [2.24, 2.45) is 0 Å². The van der Waals surface area contributed by atoms with Gasteiger partial charge in [0.2, 0.25) is 5.91 Å². The Morgan fingerprint density at radius 2 is 1.86 bits per heavy atom. The van der Waals surface area contributed by atoms with Gasteiger partial charge in [-0.15, -0.1) is 12.4 Å². The summed E-state index contributed by atoms with van der Waals surface area (Å²) in [6, 6.07) is 16.5. The highest BCUT2D eigenvalue weighted by atomic mass is 35.5. The highest BCUT2D eigenvalue weighted by Gasteiger charge is 2.30. The third kappa shape index (κ3) is 5.71. The van der Waals surface area contributed by atoms with Gasteiger partial charge in [-0.25, -0.2) is 0 Å². The minimum atomic E-state index is -0.256. The van der Waals surface area contributed by atoms with Crippen molar-refractivity contribution in [3.8, 4) is 5.75 Å². The number of carbonyl (C=O) groups is 2. The zero-order chi connectivity index (χ0) is 19.9. The van der Waals surface area contributed by atoms with Crippen LogP contribution in [0.3, 0.4) is 0 Å². The van der Waals surface area contributed by atoms with E-state index in [1.165, 1.54) is 0 Å². The van der Waals surface area contributed by atoms with E-state index in [1.54, 1.807) is 19.2 Å². The van der Waals surface area contributed by atoms with Gasteiger partial charge in [0.05, 0.1) is 13.2 Å². The lowest BCUT2D eigenvalue weighted by molar-refractivity contribution is -0.135. The van der Waals surface area contributed by atoms with Gasteiger partial charge < -0.3 is 20.3 Å². The Labute approximate surface area is 178 Å². The highest BCUT2D eigenvalue weighted by molar-refractivity contribution is 5.94. The summed E-state index contributed by atoms with van der Waals surface area (Å²) in [5.41, 5.74) is 1.59. The van der Waals surface area contributed by atoms with Crippen molar-refractivity contribution in [1.29, 1.82) is 0 Å². The summed E-state index contributed by atoms with van der Waals surface area (Å²) in [6.07, 6.45) is 0.254. The largest absolute Gasteiger partial charge is 0.496 e. The van der Waals surface area contributed by atoms with Gasteiger partial charge in [-0.2, -0.15) is 0 Å². The number of nitrogens with one attached hydrogen (secondary N) is 2. The van der Waals surface area contributed by atoms with E-state index >= 15 is 0 Å². The van der Waals surface area contributed by atoms with Crippen molar-refractivity contribution in [3.63, 3.8) is 0 Å². The number of halogens is 1. The summed E-state index contributed by atoms with van der Waals surface area (Å²) in [6.45, 7) is 3.92. The fraction of sp³-hybridized carbons (Fsp3) is 0.364. The normalized spacial score (nSPS) is 17.0. The average Bonchev–Trinajstić information content (AvgIpc) is 2.74. The monoisotopic (exact) mass is 417 g/mol. The Bertz CT molecular complexity index is 816. The fourth-order valence-electron chi connectivity index (χ4n) is 3.55. The molecule has 1 saturated heterocycles. The number of rotatable bonds is 6. The van der Waals surface area contributed by atoms with Gasteiger partial charge in [-0.1, -0.05) is 36.4 Å². The second kappa shape index (κ2) is 10.8. The van der Waals surface area contributed by atoms with Crippen LogP contribution in [-0.4, -0.2) is 49.5 Å². The molecule has 2 N–H and O–H groups in total. The Balaban J connectivity index is 0.00000300. The molecule has 2 atom stereocenters. The maximum atomic E-state index is 13.0. The van der Waals surface area contributed by atoms with Crippen LogP contribution in [0.2, 0.25) is 0 Å². The number of hydrogen-bond donors (Lipinski definition) is 2. The van der Waals surface area contributed by atoms with Crippen LogP contribution in [0.15, 0.2) is 54.6 Å². The van der Waals surface area contributed by atoms with E-state index in [0.717, 1.165) is 17.9 Å². The quantitative estimate of drug-likeness (QED) is 0.758. The van der Waals surface area contributed by atoms with E-state index < -0.39 is 0 Å². The van der Waals surface area contributed by atoms with E-state index in [2.05, 4.69) is 10.6 Å². The first-order valence-electron chi connectivity index (χ1n) is 9.59. The lowest BCUT2D eigenvalue weighted by Gasteiger charge is -2.37. The number of nitrogens with zero attached hydrogens (tertiary/aromatic N) is 1. The summed E-state index contributed by atoms with van der Waals surface area (Å²) in [4.78, 5) is 27.2. The predicted molar refractivity (Wildman–Crippen MR) is 116 cm³/mol. The molecule has 1 fully saturated rings. The smallest absolute Gasteiger partial charge is 0.251 e. The SMILES string of the molecule is COc1ccccc1C1CNCCN1C(=O)CC(C)NC(=O)c1ccccc1.Cl. The molecule has 2 amide bonds. The van der Waals surface area contributed by atoms with Crippen molar-refractivity contribution < 1.29 is 14.3 Å². The number of benzene rings is 2. The minimum Gasteiger partial charge on any atom is -0.496 e. The van der Waals surface area contributed by atoms with Gasteiger partial charge >= 0.3 is 0 Å². The minimum absolute atomic E-state index is 0. The summed E-state index contributed by atoms with van der Waals surface area (Å²) in [7, 11) is 1.64. The van der Waals surface area contributed by atoms with Crippen molar-refractivity contribution in [1.82, 2.24) is 15.5 Å². The topological polar surface area (TPSA) is 70.7 Å². The van der Waals surface area contributed by atoms with Crippen LogP contribution in [0.5, 0.6) is 5.75 Å². The summed E-state index contributed by atoms with van der Waals surface area (Å²) < 4.78 is 5.49.